The highest BCUT2D eigenvalue weighted by Gasteiger charge is 2.63. The third-order valence-electron chi connectivity index (χ3n) is 5.99. The van der Waals surface area contributed by atoms with Crippen molar-refractivity contribution in [1.29, 1.82) is 0 Å². The minimum absolute atomic E-state index is 0.0142. The van der Waals surface area contributed by atoms with E-state index in [2.05, 4.69) is 27.3 Å². The van der Waals surface area contributed by atoms with Crippen LogP contribution in [0.5, 0.6) is 0 Å². The molecule has 0 spiro atoms. The molecule has 0 saturated heterocycles. The first-order valence-electron chi connectivity index (χ1n) is 8.37. The smallest absolute Gasteiger partial charge is 0.307 e. The molecule has 2 fully saturated rings. The van der Waals surface area contributed by atoms with E-state index in [9.17, 15) is 14.7 Å². The summed E-state index contributed by atoms with van der Waals surface area (Å²) in [5, 5.41) is 12.7. The normalized spacial score (nSPS) is 35.5. The van der Waals surface area contributed by atoms with E-state index >= 15 is 0 Å². The predicted octanol–water partition coefficient (Wildman–Crippen LogP) is 3.77. The molecule has 2 saturated carbocycles. The molecule has 0 unspecified atom stereocenters. The molecule has 0 aliphatic heterocycles. The maximum Gasteiger partial charge on any atom is 0.307 e. The number of halogens is 1. The number of amides is 1. The van der Waals surface area contributed by atoms with Gasteiger partial charge in [-0.25, -0.2) is 0 Å². The van der Waals surface area contributed by atoms with Gasteiger partial charge in [-0.3, -0.25) is 9.59 Å². The van der Waals surface area contributed by atoms with E-state index < -0.39 is 17.8 Å². The van der Waals surface area contributed by atoms with E-state index in [1.165, 1.54) is 0 Å². The van der Waals surface area contributed by atoms with Crippen LogP contribution in [0.4, 0.5) is 5.69 Å². The van der Waals surface area contributed by atoms with E-state index in [0.717, 1.165) is 27.7 Å². The Kier molecular flexibility index (Phi) is 3.60. The van der Waals surface area contributed by atoms with Crippen LogP contribution in [-0.2, 0) is 9.59 Å². The number of carboxylic acid groups (broad SMARTS) is 1. The lowest BCUT2D eigenvalue weighted by Gasteiger charge is -2.41. The number of fused-ring (bicyclic) bond motifs is 1. The number of hydrogen-bond donors (Lipinski definition) is 2. The van der Waals surface area contributed by atoms with Crippen molar-refractivity contribution in [1.82, 2.24) is 0 Å². The van der Waals surface area contributed by atoms with Crippen molar-refractivity contribution in [3.05, 3.63) is 39.9 Å². The lowest BCUT2D eigenvalue weighted by molar-refractivity contribution is -0.152. The summed E-state index contributed by atoms with van der Waals surface area (Å²) in [7, 11) is 0. The Morgan fingerprint density at radius 1 is 1.08 bits per heavy atom. The lowest BCUT2D eigenvalue weighted by atomic mass is 9.62. The average molecular weight is 390 g/mol. The van der Waals surface area contributed by atoms with Gasteiger partial charge in [-0.1, -0.05) is 28.1 Å². The summed E-state index contributed by atoms with van der Waals surface area (Å²) >= 11 is 3.46. The third kappa shape index (κ3) is 2.32. The lowest BCUT2D eigenvalue weighted by Crippen LogP contribution is -2.48. The quantitative estimate of drug-likeness (QED) is 0.773. The van der Waals surface area contributed by atoms with Crippen LogP contribution in [0.3, 0.4) is 0 Å². The summed E-state index contributed by atoms with van der Waals surface area (Å²) in [6, 6.07) is 3.92. The summed E-state index contributed by atoms with van der Waals surface area (Å²) in [5.41, 5.74) is 2.75. The van der Waals surface area contributed by atoms with Crippen LogP contribution in [0.1, 0.15) is 17.5 Å². The van der Waals surface area contributed by atoms with E-state index in [1.54, 1.807) is 0 Å². The van der Waals surface area contributed by atoms with Crippen LogP contribution in [0.15, 0.2) is 28.8 Å². The maximum absolute atomic E-state index is 13.0. The Hall–Kier alpha value is -1.62. The van der Waals surface area contributed by atoms with Gasteiger partial charge in [0.25, 0.3) is 0 Å². The molecule has 24 heavy (non-hydrogen) atoms. The van der Waals surface area contributed by atoms with E-state index in [4.69, 9.17) is 0 Å². The fourth-order valence-electron chi connectivity index (χ4n) is 4.88. The number of nitrogens with one attached hydrogen (secondary N) is 1. The number of carbonyl (C=O) groups excluding carboxylic acids is 1. The van der Waals surface area contributed by atoms with Gasteiger partial charge in [-0.15, -0.1) is 0 Å². The van der Waals surface area contributed by atoms with Gasteiger partial charge in [0.05, 0.1) is 11.8 Å². The molecule has 1 amide bonds. The highest BCUT2D eigenvalue weighted by Crippen LogP contribution is 2.63. The first-order chi connectivity index (χ1) is 11.4. The Labute approximate surface area is 149 Å². The Morgan fingerprint density at radius 2 is 1.62 bits per heavy atom. The number of aryl methyl sites for hydroxylation is 2. The summed E-state index contributed by atoms with van der Waals surface area (Å²) in [5.74, 6) is -1.01. The molecule has 5 heteroatoms. The summed E-state index contributed by atoms with van der Waals surface area (Å²) in [4.78, 5) is 24.8. The van der Waals surface area contributed by atoms with Gasteiger partial charge >= 0.3 is 5.97 Å². The molecule has 4 nitrogen and oxygen atoms in total. The fraction of sp³-hybridized carbons (Fsp3) is 0.474. The summed E-state index contributed by atoms with van der Waals surface area (Å²) in [6.45, 7) is 3.90. The molecule has 0 aromatic heterocycles. The van der Waals surface area contributed by atoms with Crippen molar-refractivity contribution in [2.24, 2.45) is 35.5 Å². The molecule has 4 aliphatic rings. The first kappa shape index (κ1) is 15.9. The number of hydrogen-bond acceptors (Lipinski definition) is 2. The van der Waals surface area contributed by atoms with Crippen molar-refractivity contribution in [2.45, 2.75) is 20.3 Å². The van der Waals surface area contributed by atoms with Gasteiger partial charge < -0.3 is 10.4 Å². The number of anilines is 1. The molecular weight excluding hydrogens is 370 g/mol. The zero-order valence-corrected chi connectivity index (χ0v) is 15.2. The second-order valence-corrected chi connectivity index (χ2v) is 8.31. The van der Waals surface area contributed by atoms with Gasteiger partial charge in [-0.05, 0) is 67.2 Å². The second kappa shape index (κ2) is 5.45. The van der Waals surface area contributed by atoms with Crippen LogP contribution in [0, 0.1) is 49.4 Å². The first-order valence-corrected chi connectivity index (χ1v) is 9.16. The van der Waals surface area contributed by atoms with Crippen LogP contribution in [-0.4, -0.2) is 17.0 Å². The zero-order chi connectivity index (χ0) is 17.2. The Balaban J connectivity index is 1.65. The monoisotopic (exact) mass is 389 g/mol. The van der Waals surface area contributed by atoms with Gasteiger partial charge in [0.1, 0.15) is 0 Å². The molecule has 2 bridgehead atoms. The van der Waals surface area contributed by atoms with Crippen LogP contribution in [0.2, 0.25) is 0 Å². The predicted molar refractivity (Wildman–Crippen MR) is 94.6 cm³/mol. The standard InChI is InChI=1S/C19H20BrNO3/c1-8-5-10(20)6-9(2)17(8)21-18(22)15-11-3-4-12(14-7-13(11)14)16(15)19(23)24/h3-6,11-16H,7H2,1-2H3,(H,21,22)(H,23,24)/t11-,12-,13-,14-,15+,16+/m1/s1. The van der Waals surface area contributed by atoms with Crippen molar-refractivity contribution in [2.75, 3.05) is 5.32 Å². The van der Waals surface area contributed by atoms with Gasteiger partial charge in [0.15, 0.2) is 0 Å². The number of carbonyl (C=O) groups is 2. The summed E-state index contributed by atoms with van der Waals surface area (Å²) < 4.78 is 0.972. The minimum Gasteiger partial charge on any atom is -0.481 e. The molecule has 2 N–H and O–H groups in total. The number of allylic oxidation sites excluding steroid dienone is 2. The van der Waals surface area contributed by atoms with Crippen LogP contribution in [0.25, 0.3) is 0 Å². The number of aliphatic carboxylic acids is 1. The number of carboxylic acids is 1. The number of rotatable bonds is 3. The molecule has 5 rings (SSSR count). The average Bonchev–Trinajstić information content (AvgIpc) is 3.31. The molecule has 6 atom stereocenters. The second-order valence-electron chi connectivity index (χ2n) is 7.40. The van der Waals surface area contributed by atoms with Gasteiger partial charge in [0.2, 0.25) is 5.91 Å². The zero-order valence-electron chi connectivity index (χ0n) is 13.6. The molecule has 1 aromatic carbocycles. The minimum atomic E-state index is -0.843. The fourth-order valence-corrected chi connectivity index (χ4v) is 5.57. The van der Waals surface area contributed by atoms with Crippen molar-refractivity contribution in [3.63, 3.8) is 0 Å². The third-order valence-corrected chi connectivity index (χ3v) is 6.44. The highest BCUT2D eigenvalue weighted by molar-refractivity contribution is 9.10. The topological polar surface area (TPSA) is 66.4 Å². The van der Waals surface area contributed by atoms with E-state index in [-0.39, 0.29) is 17.7 Å². The molecule has 4 aliphatic carbocycles. The highest BCUT2D eigenvalue weighted by atomic mass is 79.9. The molecular formula is C19H20BrNO3. The molecule has 1 aromatic rings. The van der Waals surface area contributed by atoms with Crippen LogP contribution < -0.4 is 5.32 Å². The molecule has 126 valence electrons. The Bertz CT molecular complexity index is 749. The Morgan fingerprint density at radius 3 is 2.17 bits per heavy atom. The maximum atomic E-state index is 13.0. The van der Waals surface area contributed by atoms with E-state index in [1.807, 2.05) is 32.1 Å². The van der Waals surface area contributed by atoms with Gasteiger partial charge in [-0.2, -0.15) is 0 Å². The van der Waals surface area contributed by atoms with E-state index in [0.29, 0.717) is 11.8 Å². The SMILES string of the molecule is Cc1cc(Br)cc(C)c1NC(=O)[C@H]1[C@@H]2C=C[C@H]([C@H]3C[C@H]23)[C@@H]1C(=O)O. The van der Waals surface area contributed by atoms with Crippen molar-refractivity contribution in [3.8, 4) is 0 Å². The summed E-state index contributed by atoms with van der Waals surface area (Å²) in [6.07, 6.45) is 5.19. The van der Waals surface area contributed by atoms with Crippen molar-refractivity contribution >= 4 is 33.5 Å². The van der Waals surface area contributed by atoms with Crippen LogP contribution >= 0.6 is 15.9 Å². The van der Waals surface area contributed by atoms with Gasteiger partial charge in [0, 0.05) is 10.2 Å². The van der Waals surface area contributed by atoms with Crippen molar-refractivity contribution < 1.29 is 14.7 Å². The molecule has 0 radical (unpaired) electrons. The molecule has 0 heterocycles. The largest absolute Gasteiger partial charge is 0.481 e. The number of benzene rings is 1.